The lowest BCUT2D eigenvalue weighted by Gasteiger charge is -2.24. The minimum absolute atomic E-state index is 0.331. The molecule has 0 saturated heterocycles. The van der Waals surface area contributed by atoms with Crippen molar-refractivity contribution < 1.29 is 4.55 Å². The molecule has 3 heteroatoms. The Labute approximate surface area is 104 Å². The van der Waals surface area contributed by atoms with Crippen LogP contribution in [0.2, 0.25) is 0 Å². The molecule has 0 aliphatic carbocycles. The Kier molecular flexibility index (Phi) is 9.09. The maximum absolute atomic E-state index is 11.8. The molecule has 0 aromatic rings. The van der Waals surface area contributed by atoms with Crippen molar-refractivity contribution >= 4 is 11.4 Å². The third-order valence-electron chi connectivity index (χ3n) is 2.73. The fourth-order valence-corrected chi connectivity index (χ4v) is 2.19. The number of hydrogen-bond acceptors (Lipinski definition) is 2. The van der Waals surface area contributed by atoms with E-state index >= 15 is 0 Å². The Hall–Kier alpha value is 0.01000. The molecular weight excluding hydrogens is 218 g/mol. The van der Waals surface area contributed by atoms with Crippen molar-refractivity contribution in [3.8, 4) is 0 Å². The van der Waals surface area contributed by atoms with Crippen molar-refractivity contribution in [1.29, 1.82) is 0 Å². The van der Waals surface area contributed by atoms with Crippen molar-refractivity contribution in [3.05, 3.63) is 12.7 Å². The van der Waals surface area contributed by atoms with Crippen LogP contribution in [-0.4, -0.2) is 15.8 Å². The first kappa shape index (κ1) is 16.0. The topological polar surface area (TPSA) is 35.1 Å². The quantitative estimate of drug-likeness (QED) is 0.363. The average molecular weight is 245 g/mol. The first-order valence-corrected chi connectivity index (χ1v) is 7.48. The van der Waals surface area contributed by atoms with Gasteiger partial charge >= 0.3 is 0 Å². The van der Waals surface area contributed by atoms with E-state index in [-0.39, 0.29) is 4.75 Å². The van der Waals surface area contributed by atoms with E-state index in [9.17, 15) is 4.55 Å². The molecule has 0 amide bonds. The van der Waals surface area contributed by atoms with Gasteiger partial charge in [0.1, 0.15) is 0 Å². The zero-order chi connectivity index (χ0) is 12.4. The van der Waals surface area contributed by atoms with E-state index in [1.807, 2.05) is 13.8 Å². The van der Waals surface area contributed by atoms with Gasteiger partial charge in [-0.2, -0.15) is 0 Å². The van der Waals surface area contributed by atoms with Crippen LogP contribution in [0.15, 0.2) is 12.7 Å². The normalized spacial score (nSPS) is 13.8. The van der Waals surface area contributed by atoms with E-state index in [2.05, 4.69) is 18.2 Å². The highest BCUT2D eigenvalue weighted by atomic mass is 32.2. The van der Waals surface area contributed by atoms with Crippen LogP contribution < -0.4 is 4.72 Å². The maximum atomic E-state index is 11.8. The van der Waals surface area contributed by atoms with Crippen LogP contribution in [0.4, 0.5) is 0 Å². The van der Waals surface area contributed by atoms with Crippen LogP contribution in [0.1, 0.15) is 59.3 Å². The van der Waals surface area contributed by atoms with Gasteiger partial charge in [-0.1, -0.05) is 45.6 Å². The Balaban J connectivity index is 3.41. The van der Waals surface area contributed by atoms with Gasteiger partial charge < -0.3 is 4.55 Å². The molecule has 0 aromatic carbocycles. The number of rotatable bonds is 10. The van der Waals surface area contributed by atoms with E-state index in [0.29, 0.717) is 0 Å². The molecule has 0 bridgehead atoms. The Bertz CT molecular complexity index is 183. The average Bonchev–Trinajstić information content (AvgIpc) is 2.27. The second-order valence-electron chi connectivity index (χ2n) is 4.74. The molecule has 0 fully saturated rings. The van der Waals surface area contributed by atoms with Gasteiger partial charge in [0.25, 0.3) is 0 Å². The number of nitrogens with one attached hydrogen (secondary N) is 1. The second-order valence-corrected chi connectivity index (χ2v) is 6.62. The fourth-order valence-electron chi connectivity index (χ4n) is 1.33. The predicted molar refractivity (Wildman–Crippen MR) is 73.8 cm³/mol. The molecule has 0 aromatic heterocycles. The highest BCUT2D eigenvalue weighted by Gasteiger charge is 2.27. The van der Waals surface area contributed by atoms with Crippen LogP contribution in [0.3, 0.4) is 0 Å². The van der Waals surface area contributed by atoms with Crippen molar-refractivity contribution in [2.45, 2.75) is 64.0 Å². The molecule has 0 radical (unpaired) electrons. The Morgan fingerprint density at radius 3 is 2.31 bits per heavy atom. The Morgan fingerprint density at radius 2 is 1.75 bits per heavy atom. The SMILES string of the molecule is C=CC(C)(C)[S+]([O-])NCCCCCCCC. The first-order chi connectivity index (χ1) is 7.54. The summed E-state index contributed by atoms with van der Waals surface area (Å²) >= 11 is -1.01. The van der Waals surface area contributed by atoms with Crippen LogP contribution in [0.25, 0.3) is 0 Å². The molecule has 16 heavy (non-hydrogen) atoms. The summed E-state index contributed by atoms with van der Waals surface area (Å²) in [5.74, 6) is 0. The molecule has 0 saturated carbocycles. The van der Waals surface area contributed by atoms with E-state index in [0.717, 1.165) is 13.0 Å². The summed E-state index contributed by atoms with van der Waals surface area (Å²) < 4.78 is 14.5. The zero-order valence-corrected chi connectivity index (χ0v) is 11.9. The minimum Gasteiger partial charge on any atom is -0.597 e. The lowest BCUT2D eigenvalue weighted by Crippen LogP contribution is -2.40. The summed E-state index contributed by atoms with van der Waals surface area (Å²) in [5.41, 5.74) is 0. The second kappa shape index (κ2) is 9.08. The zero-order valence-electron chi connectivity index (χ0n) is 11.1. The van der Waals surface area contributed by atoms with Gasteiger partial charge in [-0.05, 0) is 26.3 Å². The van der Waals surface area contributed by atoms with E-state index in [1.54, 1.807) is 6.08 Å². The van der Waals surface area contributed by atoms with Gasteiger partial charge in [-0.3, -0.25) is 0 Å². The molecule has 0 heterocycles. The lowest BCUT2D eigenvalue weighted by atomic mass is 10.1. The highest BCUT2D eigenvalue weighted by Crippen LogP contribution is 2.15. The van der Waals surface area contributed by atoms with Crippen LogP contribution in [0, 0.1) is 0 Å². The van der Waals surface area contributed by atoms with Crippen molar-refractivity contribution in [1.82, 2.24) is 4.72 Å². The monoisotopic (exact) mass is 245 g/mol. The molecule has 1 unspecified atom stereocenters. The number of unbranched alkanes of at least 4 members (excludes halogenated alkanes) is 5. The van der Waals surface area contributed by atoms with Crippen LogP contribution in [-0.2, 0) is 11.4 Å². The summed E-state index contributed by atoms with van der Waals surface area (Å²) in [5, 5.41) is 0. The molecule has 0 rings (SSSR count). The maximum Gasteiger partial charge on any atom is 0.157 e. The summed E-state index contributed by atoms with van der Waals surface area (Å²) in [6, 6.07) is 0. The van der Waals surface area contributed by atoms with Crippen molar-refractivity contribution in [3.63, 3.8) is 0 Å². The standard InChI is InChI=1S/C13H27NOS/c1-5-7-8-9-10-11-12-14-16(15)13(3,4)6-2/h6,14H,2,5,7-12H2,1,3-4H3. The van der Waals surface area contributed by atoms with Crippen molar-refractivity contribution in [2.24, 2.45) is 0 Å². The smallest absolute Gasteiger partial charge is 0.157 e. The molecule has 0 aliphatic heterocycles. The first-order valence-electron chi connectivity index (χ1n) is 6.33. The molecule has 0 aliphatic rings. The molecule has 1 N–H and O–H groups in total. The van der Waals surface area contributed by atoms with Crippen LogP contribution in [0.5, 0.6) is 0 Å². The van der Waals surface area contributed by atoms with E-state index < -0.39 is 11.4 Å². The largest absolute Gasteiger partial charge is 0.597 e. The fraction of sp³-hybridized carbons (Fsp3) is 0.846. The van der Waals surface area contributed by atoms with Crippen molar-refractivity contribution in [2.75, 3.05) is 6.54 Å². The minimum atomic E-state index is -1.01. The Morgan fingerprint density at radius 1 is 1.19 bits per heavy atom. The summed E-state index contributed by atoms with van der Waals surface area (Å²) in [6.07, 6.45) is 9.35. The number of hydrogen-bond donors (Lipinski definition) is 1. The summed E-state index contributed by atoms with van der Waals surface area (Å²) in [4.78, 5) is 0. The third kappa shape index (κ3) is 7.31. The molecule has 96 valence electrons. The summed E-state index contributed by atoms with van der Waals surface area (Å²) in [6.45, 7) is 10.6. The van der Waals surface area contributed by atoms with E-state index in [1.165, 1.54) is 32.1 Å². The van der Waals surface area contributed by atoms with Gasteiger partial charge in [0.05, 0.1) is 0 Å². The third-order valence-corrected chi connectivity index (χ3v) is 4.32. The molecular formula is C13H27NOS. The van der Waals surface area contributed by atoms with Gasteiger partial charge in [0.15, 0.2) is 4.75 Å². The predicted octanol–water partition coefficient (Wildman–Crippen LogP) is 3.56. The van der Waals surface area contributed by atoms with Gasteiger partial charge in [-0.25, -0.2) is 0 Å². The lowest BCUT2D eigenvalue weighted by molar-refractivity contribution is 0.547. The highest BCUT2D eigenvalue weighted by molar-refractivity contribution is 7.91. The van der Waals surface area contributed by atoms with Gasteiger partial charge in [0.2, 0.25) is 0 Å². The van der Waals surface area contributed by atoms with Gasteiger partial charge in [-0.15, -0.1) is 4.72 Å². The summed E-state index contributed by atoms with van der Waals surface area (Å²) in [7, 11) is 0. The van der Waals surface area contributed by atoms with Crippen LogP contribution >= 0.6 is 0 Å². The molecule has 2 nitrogen and oxygen atoms in total. The molecule has 1 atom stereocenters. The van der Waals surface area contributed by atoms with E-state index in [4.69, 9.17) is 0 Å². The molecule has 0 spiro atoms. The van der Waals surface area contributed by atoms with Gasteiger partial charge in [0, 0.05) is 17.9 Å².